The minimum Gasteiger partial charge on any atom is -0.480 e. The highest BCUT2D eigenvalue weighted by molar-refractivity contribution is 7.98. The van der Waals surface area contributed by atoms with E-state index in [4.69, 9.17) is 5.73 Å². The summed E-state index contributed by atoms with van der Waals surface area (Å²) in [4.78, 5) is 314. The van der Waals surface area contributed by atoms with Crippen LogP contribution in [0.1, 0.15) is 128 Å². The number of carboxylic acid groups (broad SMARTS) is 1. The number of fused-ring (bicyclic) bond motifs is 3. The highest BCUT2D eigenvalue weighted by Crippen LogP contribution is 2.26. The van der Waals surface area contributed by atoms with E-state index < -0.39 is 278 Å². The Morgan fingerprint density at radius 2 is 1.13 bits per heavy atom. The molecule has 0 aliphatic carbocycles. The van der Waals surface area contributed by atoms with Crippen molar-refractivity contribution in [1.82, 2.24) is 120 Å². The Kier molecular flexibility index (Phi) is 45.2. The third-order valence-corrected chi connectivity index (χ3v) is 26.7. The molecular formula is C96H132N24O24S3. The Morgan fingerprint density at radius 3 is 1.75 bits per heavy atom. The highest BCUT2D eigenvalue weighted by atomic mass is 32.2. The van der Waals surface area contributed by atoms with Gasteiger partial charge in [-0.2, -0.15) is 36.2 Å². The van der Waals surface area contributed by atoms with Crippen molar-refractivity contribution in [3.63, 3.8) is 0 Å². The maximum Gasteiger partial charge on any atom is 0.326 e. The fourth-order valence-electron chi connectivity index (χ4n) is 17.0. The number of carboxylic acids is 1. The summed E-state index contributed by atoms with van der Waals surface area (Å²) in [5, 5.41) is 75.5. The highest BCUT2D eigenvalue weighted by Gasteiger charge is 2.45. The molecule has 18 atom stereocenters. The van der Waals surface area contributed by atoms with Crippen LogP contribution in [0.15, 0.2) is 104 Å². The number of amides is 20. The number of aromatic nitrogens is 4. The number of nitrogens with one attached hydrogen (secondary N) is 20. The van der Waals surface area contributed by atoms with Gasteiger partial charge in [0.15, 0.2) is 0 Å². The summed E-state index contributed by atoms with van der Waals surface area (Å²) in [5.74, 6) is -22.1. The number of rotatable bonds is 43. The molecule has 51 heteroatoms. The molecule has 3 aromatic carbocycles. The largest absolute Gasteiger partial charge is 0.480 e. The number of nitrogens with zero attached hydrogens (tertiary/aromatic N) is 3. The normalized spacial score (nSPS) is 20.7. The van der Waals surface area contributed by atoms with Crippen molar-refractivity contribution in [3.05, 3.63) is 126 Å². The van der Waals surface area contributed by atoms with Gasteiger partial charge in [0.2, 0.25) is 118 Å². The zero-order valence-electron chi connectivity index (χ0n) is 82.6. The number of H-pyrrole nitrogens is 3. The number of para-hydroxylation sites is 2. The summed E-state index contributed by atoms with van der Waals surface area (Å²) < 4.78 is 0. The molecule has 3 aliphatic heterocycles. The second-order valence-electron chi connectivity index (χ2n) is 36.6. The number of primary amides is 1. The molecule has 0 bridgehead atoms. The average Bonchev–Trinajstić information content (AvgIpc) is 1.72. The van der Waals surface area contributed by atoms with Gasteiger partial charge in [0.25, 0.3) is 0 Å². The predicted molar refractivity (Wildman–Crippen MR) is 541 cm³/mol. The quantitative estimate of drug-likeness (QED) is 0.0159. The Balaban J connectivity index is 0.903. The van der Waals surface area contributed by atoms with Gasteiger partial charge in [-0.05, 0) is 123 Å². The summed E-state index contributed by atoms with van der Waals surface area (Å²) in [7, 11) is 0. The first-order valence-corrected chi connectivity index (χ1v) is 51.7. The number of hydrogen-bond acceptors (Lipinski definition) is 27. The number of thiol groups is 1. The molecule has 0 radical (unpaired) electrons. The van der Waals surface area contributed by atoms with E-state index in [0.29, 0.717) is 57.1 Å². The van der Waals surface area contributed by atoms with E-state index in [1.54, 1.807) is 125 Å². The van der Waals surface area contributed by atoms with Crippen molar-refractivity contribution in [2.45, 2.75) is 234 Å². The van der Waals surface area contributed by atoms with Gasteiger partial charge in [-0.25, -0.2) is 9.78 Å². The minimum atomic E-state index is -2.09. The third kappa shape index (κ3) is 34.5. The lowest BCUT2D eigenvalue weighted by Crippen LogP contribution is -2.61. The minimum absolute atomic E-state index is 0.0173. The molecule has 3 fully saturated rings. The van der Waals surface area contributed by atoms with Crippen molar-refractivity contribution in [3.8, 4) is 0 Å². The van der Waals surface area contributed by atoms with Crippen LogP contribution in [-0.4, -0.2) is 341 Å². The topological polar surface area (TPSA) is 716 Å². The van der Waals surface area contributed by atoms with Crippen LogP contribution in [0.4, 0.5) is 0 Å². The first-order chi connectivity index (χ1) is 70.1. The van der Waals surface area contributed by atoms with Crippen LogP contribution in [0.25, 0.3) is 21.8 Å². The maximum atomic E-state index is 15.3. The molecule has 6 heterocycles. The van der Waals surface area contributed by atoms with E-state index in [0.717, 1.165) is 11.8 Å². The smallest absolute Gasteiger partial charge is 0.326 e. The number of nitrogens with two attached hydrogens (primary N) is 1. The van der Waals surface area contributed by atoms with E-state index in [-0.39, 0.29) is 94.0 Å². The second kappa shape index (κ2) is 57.0. The second-order valence-corrected chi connectivity index (χ2v) is 39.0. The molecule has 798 valence electrons. The zero-order chi connectivity index (χ0) is 107. The molecule has 3 aliphatic rings. The summed E-state index contributed by atoms with van der Waals surface area (Å²) in [5.41, 5.74) is 8.45. The number of aliphatic hydroxyl groups is 2. The van der Waals surface area contributed by atoms with Crippen LogP contribution in [0.5, 0.6) is 0 Å². The number of thioether (sulfide) groups is 2. The molecule has 20 amide bonds. The first-order valence-electron chi connectivity index (χ1n) is 48.3. The number of aliphatic hydroxyl groups excluding tert-OH is 2. The first kappa shape index (κ1) is 116. The summed E-state index contributed by atoms with van der Waals surface area (Å²) in [6.45, 7) is 5.35. The molecule has 6 aromatic rings. The fourth-order valence-corrected chi connectivity index (χ4v) is 18.2. The number of benzene rings is 3. The lowest BCUT2D eigenvalue weighted by atomic mass is 9.96. The molecular weight excluding hydrogens is 1970 g/mol. The van der Waals surface area contributed by atoms with Gasteiger partial charge in [0.05, 0.1) is 57.2 Å². The van der Waals surface area contributed by atoms with Gasteiger partial charge in [-0.1, -0.05) is 101 Å². The van der Waals surface area contributed by atoms with Crippen molar-refractivity contribution in [1.29, 1.82) is 0 Å². The number of aromatic amines is 3. The van der Waals surface area contributed by atoms with E-state index >= 15 is 9.59 Å². The third-order valence-electron chi connectivity index (χ3n) is 25.1. The van der Waals surface area contributed by atoms with E-state index in [1.165, 1.54) is 54.1 Å². The van der Waals surface area contributed by atoms with Crippen LogP contribution in [0.2, 0.25) is 0 Å². The van der Waals surface area contributed by atoms with Crippen LogP contribution >= 0.6 is 36.2 Å². The average molecular weight is 2100 g/mol. The van der Waals surface area contributed by atoms with Crippen molar-refractivity contribution >= 4 is 182 Å². The lowest BCUT2D eigenvalue weighted by Gasteiger charge is -2.31. The standard InChI is InChI=1S/C96H132N24O24S3/c1-9-50(4)79(92(139)114-63(34-53-19-11-10-12-20-53)83(130)109-62(96(143)144)28-32-147-8)118-89(136)71(47-145)116-91(138)73-26-18-30-120(73)95(142)69(33-49(2)3)107-77(126)44-102-81(128)61(27-31-146-7)108-88(135)70(46-121)115-85(132)65(36-55-41-100-60-24-16-14-22-58(55)60)111-87(134)68-39-75(124)101-43-76(125)106-67(38-74(97)123)86(133)110-64(35-54-40-99-59-23-15-13-21-57(54)59)84(131)112-66(37-56-42-98-48-104-56)82(129)103-45-78(127)117-80(52(6)122)93(140)105-51(5)94(141)119-29-17-25-72(119)90(137)113-68/h10-16,19-24,40-42,48-52,61-73,79-80,99-100,121-122,145H,9,17-18,25-39,43-47H2,1-8H3,(H2,97,123)(H,98,104)(H,101,124)(H,102,128)(H,103,129)(H,105,140)(H,106,125)(H,107,126)(H,108,135)(H,109,130)(H,110,133)(H,111,134)(H,112,131)(H,113,137)(H,114,139)(H,115,132)(H,116,138)(H,117,127)(H,118,136)(H,143,144)/t50?,51-,52+,61-,62-,63-,64-,65-,66?,67?,68?,69-,70-,71+,72-,73-,79-,80?/m0/s1. The summed E-state index contributed by atoms with van der Waals surface area (Å²) in [6, 6.07) is -2.83. The van der Waals surface area contributed by atoms with Crippen molar-refractivity contribution in [2.24, 2.45) is 17.6 Å². The van der Waals surface area contributed by atoms with E-state index in [9.17, 15) is 106 Å². The molecule has 48 nitrogen and oxygen atoms in total. The Morgan fingerprint density at radius 1 is 0.558 bits per heavy atom. The number of aliphatic carboxylic acids is 1. The van der Waals surface area contributed by atoms with Gasteiger partial charge < -0.3 is 136 Å². The SMILES string of the molecule is CCC(C)[C@H](NC(=O)[C@@H](CS)NC(=O)[C@@H]1CCCN1C(=O)[C@H](CC(C)C)NC(=O)CNC(=O)[C@H](CCSC)NC(=O)[C@H](CO)NC(=O)[C@H](Cc1c[nH]c2ccccc12)NC(=O)C1CC(=O)NCC(=O)NC(CC(N)=O)C(=O)N[C@@H](Cc2c[nH]c3ccccc23)C(=O)NC(Cc2c[nH]cn2)C(=O)NCC(=O)NC([C@@H](C)O)C(=O)N[C@@H](C)C(=O)N2CCC[C@H]2C(=O)N1)C(=O)N[C@@H](Cc1ccccc1)C(=O)N[C@@H](CCSC)C(=O)O. The molecule has 0 saturated carbocycles. The predicted octanol–water partition coefficient (Wildman–Crippen LogP) is -4.95. The Bertz CT molecular complexity index is 5670. The molecule has 0 spiro atoms. The summed E-state index contributed by atoms with van der Waals surface area (Å²) in [6.07, 6.45) is 5.15. The number of carbonyl (C=O) groups is 21. The van der Waals surface area contributed by atoms with Gasteiger partial charge in [0, 0.05) is 84.9 Å². The maximum absolute atomic E-state index is 15.3. The van der Waals surface area contributed by atoms with Crippen molar-refractivity contribution in [2.75, 3.05) is 69.1 Å². The molecule has 5 unspecified atom stereocenters. The summed E-state index contributed by atoms with van der Waals surface area (Å²) >= 11 is 7.01. The number of hydrogen-bond donors (Lipinski definition) is 25. The van der Waals surface area contributed by atoms with Gasteiger partial charge >= 0.3 is 5.97 Å². The molecule has 3 aromatic heterocycles. The van der Waals surface area contributed by atoms with E-state index in [2.05, 4.69) is 123 Å². The Hall–Kier alpha value is -14.2. The molecule has 25 N–H and O–H groups in total. The lowest BCUT2D eigenvalue weighted by molar-refractivity contribution is -0.143. The van der Waals surface area contributed by atoms with Crippen LogP contribution < -0.4 is 96.1 Å². The van der Waals surface area contributed by atoms with Gasteiger partial charge in [-0.15, -0.1) is 0 Å². The van der Waals surface area contributed by atoms with Crippen molar-refractivity contribution < 1.29 is 116 Å². The van der Waals surface area contributed by atoms with Crippen LogP contribution in [0.3, 0.4) is 0 Å². The van der Waals surface area contributed by atoms with Crippen LogP contribution in [-0.2, 0) is 126 Å². The number of likely N-dealkylation sites (tertiary alicyclic amines) is 1. The molecule has 9 rings (SSSR count). The van der Waals surface area contributed by atoms with E-state index in [1.807, 2.05) is 0 Å². The Labute approximate surface area is 860 Å². The number of imidazole rings is 1. The molecule has 147 heavy (non-hydrogen) atoms. The monoisotopic (exact) mass is 2100 g/mol. The number of carbonyl (C=O) groups excluding carboxylic acids is 20. The van der Waals surface area contributed by atoms with Gasteiger partial charge in [0.1, 0.15) is 96.7 Å². The molecule has 3 saturated heterocycles. The zero-order valence-corrected chi connectivity index (χ0v) is 85.2. The van der Waals surface area contributed by atoms with Gasteiger partial charge in [-0.3, -0.25) is 95.9 Å². The fraction of sp³-hybridized carbons (Fsp3) is 0.521. The van der Waals surface area contributed by atoms with Crippen LogP contribution in [0, 0.1) is 11.8 Å².